The predicted octanol–water partition coefficient (Wildman–Crippen LogP) is 3.62. The third kappa shape index (κ3) is 4.13. The van der Waals surface area contributed by atoms with E-state index in [0.717, 1.165) is 5.56 Å². The lowest BCUT2D eigenvalue weighted by atomic mass is 10.2. The van der Waals surface area contributed by atoms with Gasteiger partial charge in [0, 0.05) is 0 Å². The normalized spacial score (nSPS) is 11.6. The van der Waals surface area contributed by atoms with Gasteiger partial charge < -0.3 is 9.47 Å². The Labute approximate surface area is 149 Å². The summed E-state index contributed by atoms with van der Waals surface area (Å²) in [4.78, 5) is 12.3. The molecule has 25 heavy (non-hydrogen) atoms. The molecule has 1 N–H and O–H groups in total. The summed E-state index contributed by atoms with van der Waals surface area (Å²) in [5.74, 6) is 1.06. The summed E-state index contributed by atoms with van der Waals surface area (Å²) in [7, 11) is 1.60. The van der Waals surface area contributed by atoms with Crippen molar-refractivity contribution < 1.29 is 14.3 Å². The highest BCUT2D eigenvalue weighted by Gasteiger charge is 2.18. The molecule has 6 nitrogen and oxygen atoms in total. The molecule has 0 aliphatic carbocycles. The van der Waals surface area contributed by atoms with Crippen molar-refractivity contribution in [3.8, 4) is 22.1 Å². The Morgan fingerprint density at radius 1 is 1.08 bits per heavy atom. The Morgan fingerprint density at radius 2 is 1.80 bits per heavy atom. The zero-order valence-electron chi connectivity index (χ0n) is 13.8. The van der Waals surface area contributed by atoms with Crippen molar-refractivity contribution in [1.29, 1.82) is 0 Å². The lowest BCUT2D eigenvalue weighted by molar-refractivity contribution is -0.122. The summed E-state index contributed by atoms with van der Waals surface area (Å²) in [5.41, 5.74) is 0.830. The Morgan fingerprint density at radius 3 is 2.56 bits per heavy atom. The van der Waals surface area contributed by atoms with Gasteiger partial charge in [0.1, 0.15) is 11.5 Å². The quantitative estimate of drug-likeness (QED) is 0.731. The van der Waals surface area contributed by atoms with Gasteiger partial charge in [0.25, 0.3) is 5.91 Å². The number of benzene rings is 2. The van der Waals surface area contributed by atoms with Crippen LogP contribution in [0.5, 0.6) is 11.5 Å². The molecule has 0 saturated carbocycles. The molecule has 0 bridgehead atoms. The molecule has 1 amide bonds. The molecule has 0 saturated heterocycles. The van der Waals surface area contributed by atoms with Gasteiger partial charge in [-0.05, 0) is 31.2 Å². The first kappa shape index (κ1) is 16.9. The van der Waals surface area contributed by atoms with Crippen LogP contribution in [0.25, 0.3) is 10.6 Å². The first-order valence-electron chi connectivity index (χ1n) is 7.67. The number of methoxy groups -OCH3 is 1. The van der Waals surface area contributed by atoms with Crippen molar-refractivity contribution in [3.05, 3.63) is 54.6 Å². The van der Waals surface area contributed by atoms with Crippen LogP contribution in [0.2, 0.25) is 0 Å². The van der Waals surface area contributed by atoms with E-state index in [9.17, 15) is 4.79 Å². The second kappa shape index (κ2) is 7.76. The van der Waals surface area contributed by atoms with E-state index >= 15 is 0 Å². The topological polar surface area (TPSA) is 73.3 Å². The summed E-state index contributed by atoms with van der Waals surface area (Å²) in [6.45, 7) is 1.69. The van der Waals surface area contributed by atoms with Gasteiger partial charge in [-0.1, -0.05) is 41.7 Å². The van der Waals surface area contributed by atoms with Crippen molar-refractivity contribution >= 4 is 22.4 Å². The largest absolute Gasteiger partial charge is 0.496 e. The van der Waals surface area contributed by atoms with Crippen LogP contribution in [0, 0.1) is 0 Å². The third-order valence-electron chi connectivity index (χ3n) is 3.42. The molecule has 0 aliphatic heterocycles. The summed E-state index contributed by atoms with van der Waals surface area (Å²) in [5, 5.41) is 12.0. The molecule has 0 radical (unpaired) electrons. The molecule has 3 rings (SSSR count). The maximum absolute atomic E-state index is 12.3. The number of nitrogens with one attached hydrogen (secondary N) is 1. The lowest BCUT2D eigenvalue weighted by Crippen LogP contribution is -2.30. The molecular weight excluding hydrogens is 338 g/mol. The number of rotatable bonds is 6. The number of para-hydroxylation sites is 2. The summed E-state index contributed by atoms with van der Waals surface area (Å²) >= 11 is 1.28. The second-order valence-electron chi connectivity index (χ2n) is 5.18. The van der Waals surface area contributed by atoms with Gasteiger partial charge in [0.15, 0.2) is 11.1 Å². The number of hydrogen-bond donors (Lipinski definition) is 1. The minimum Gasteiger partial charge on any atom is -0.496 e. The minimum atomic E-state index is -0.652. The van der Waals surface area contributed by atoms with Gasteiger partial charge in [0.2, 0.25) is 5.13 Å². The maximum atomic E-state index is 12.3. The fourth-order valence-corrected chi connectivity index (χ4v) is 2.94. The second-order valence-corrected chi connectivity index (χ2v) is 6.15. The third-order valence-corrected chi connectivity index (χ3v) is 4.29. The van der Waals surface area contributed by atoms with Gasteiger partial charge in [-0.3, -0.25) is 10.1 Å². The van der Waals surface area contributed by atoms with Crippen molar-refractivity contribution in [3.63, 3.8) is 0 Å². The van der Waals surface area contributed by atoms with Crippen molar-refractivity contribution in [1.82, 2.24) is 10.2 Å². The fourth-order valence-electron chi connectivity index (χ4n) is 2.17. The first-order valence-corrected chi connectivity index (χ1v) is 8.48. The van der Waals surface area contributed by atoms with E-state index in [1.54, 1.807) is 26.2 Å². The average molecular weight is 355 g/mol. The fraction of sp³-hybridized carbons (Fsp3) is 0.167. The summed E-state index contributed by atoms with van der Waals surface area (Å²) in [6, 6.07) is 16.7. The predicted molar refractivity (Wildman–Crippen MR) is 97.1 cm³/mol. The molecule has 0 unspecified atom stereocenters. The van der Waals surface area contributed by atoms with Crippen LogP contribution in [0.1, 0.15) is 6.92 Å². The molecule has 7 heteroatoms. The van der Waals surface area contributed by atoms with Crippen LogP contribution < -0.4 is 14.8 Å². The number of carbonyl (C=O) groups excluding carboxylic acids is 1. The van der Waals surface area contributed by atoms with Crippen molar-refractivity contribution in [2.75, 3.05) is 12.4 Å². The van der Waals surface area contributed by atoms with Crippen LogP contribution in [0.15, 0.2) is 54.6 Å². The molecule has 2 aromatic carbocycles. The average Bonchev–Trinajstić information content (AvgIpc) is 3.10. The van der Waals surface area contributed by atoms with Gasteiger partial charge >= 0.3 is 0 Å². The van der Waals surface area contributed by atoms with Crippen LogP contribution in [0.4, 0.5) is 5.13 Å². The Balaban J connectivity index is 1.67. The first-order chi connectivity index (χ1) is 12.2. The molecule has 1 atom stereocenters. The monoisotopic (exact) mass is 355 g/mol. The highest BCUT2D eigenvalue weighted by Crippen LogP contribution is 2.33. The highest BCUT2D eigenvalue weighted by atomic mass is 32.1. The smallest absolute Gasteiger partial charge is 0.266 e. The van der Waals surface area contributed by atoms with E-state index in [1.807, 2.05) is 42.5 Å². The Bertz CT molecular complexity index is 852. The van der Waals surface area contributed by atoms with E-state index in [-0.39, 0.29) is 5.91 Å². The number of ether oxygens (including phenoxy) is 2. The van der Waals surface area contributed by atoms with Crippen molar-refractivity contribution in [2.45, 2.75) is 13.0 Å². The van der Waals surface area contributed by atoms with E-state index < -0.39 is 6.10 Å². The molecular formula is C18H17N3O3S. The number of amides is 1. The maximum Gasteiger partial charge on any atom is 0.266 e. The molecule has 3 aromatic rings. The van der Waals surface area contributed by atoms with Gasteiger partial charge in [0.05, 0.1) is 12.7 Å². The number of carbonyl (C=O) groups is 1. The van der Waals surface area contributed by atoms with E-state index in [0.29, 0.717) is 21.6 Å². The standard InChI is InChI=1S/C18H17N3O3S/c1-12(24-13-8-4-3-5-9-13)16(22)19-18-21-20-17(25-18)14-10-6-7-11-15(14)23-2/h3-12H,1-2H3,(H,19,21,22)/t12-/m1/s1. The Hall–Kier alpha value is -2.93. The van der Waals surface area contributed by atoms with Crippen LogP contribution in [0.3, 0.4) is 0 Å². The number of aromatic nitrogens is 2. The summed E-state index contributed by atoms with van der Waals surface area (Å²) < 4.78 is 10.9. The highest BCUT2D eigenvalue weighted by molar-refractivity contribution is 7.18. The van der Waals surface area contributed by atoms with E-state index in [2.05, 4.69) is 15.5 Å². The number of hydrogen-bond acceptors (Lipinski definition) is 6. The molecule has 1 aromatic heterocycles. The molecule has 128 valence electrons. The molecule has 1 heterocycles. The Kier molecular flexibility index (Phi) is 5.25. The van der Waals surface area contributed by atoms with Gasteiger partial charge in [-0.15, -0.1) is 10.2 Å². The van der Waals surface area contributed by atoms with E-state index in [1.165, 1.54) is 11.3 Å². The summed E-state index contributed by atoms with van der Waals surface area (Å²) in [6.07, 6.45) is -0.652. The zero-order chi connectivity index (χ0) is 17.6. The molecule has 0 spiro atoms. The van der Waals surface area contributed by atoms with Crippen molar-refractivity contribution in [2.24, 2.45) is 0 Å². The SMILES string of the molecule is COc1ccccc1-c1nnc(NC(=O)[C@@H](C)Oc2ccccc2)s1. The minimum absolute atomic E-state index is 0.286. The molecule has 0 aliphatic rings. The van der Waals surface area contributed by atoms with Crippen LogP contribution >= 0.6 is 11.3 Å². The zero-order valence-corrected chi connectivity index (χ0v) is 14.6. The van der Waals surface area contributed by atoms with Gasteiger partial charge in [-0.25, -0.2) is 0 Å². The molecule has 0 fully saturated rings. The van der Waals surface area contributed by atoms with Crippen LogP contribution in [-0.4, -0.2) is 29.3 Å². The van der Waals surface area contributed by atoms with E-state index in [4.69, 9.17) is 9.47 Å². The lowest BCUT2D eigenvalue weighted by Gasteiger charge is -2.13. The van der Waals surface area contributed by atoms with Crippen LogP contribution in [-0.2, 0) is 4.79 Å². The number of anilines is 1. The van der Waals surface area contributed by atoms with Gasteiger partial charge in [-0.2, -0.15) is 0 Å². The number of nitrogens with zero attached hydrogens (tertiary/aromatic N) is 2.